The average Bonchev–Trinajstić information content (AvgIpc) is 3.76. The maximum atomic E-state index is 14.1. The van der Waals surface area contributed by atoms with Crippen LogP contribution in [0.5, 0.6) is 0 Å². The molecule has 0 aliphatic carbocycles. The molecule has 1 saturated heterocycles. The molecule has 0 bridgehead atoms. The van der Waals surface area contributed by atoms with Gasteiger partial charge in [-0.25, -0.2) is 0 Å². The molecule has 2 aromatic carbocycles. The Morgan fingerprint density at radius 2 is 1.58 bits per heavy atom. The number of fused-ring (bicyclic) bond motifs is 1. The van der Waals surface area contributed by atoms with E-state index in [0.29, 0.717) is 12.8 Å². The number of likely N-dealkylation sites (N-methyl/N-ethyl adjacent to an activating group) is 1. The number of nitrogens with one attached hydrogen (secondary N) is 6. The molecule has 1 aliphatic heterocycles. The number of rotatable bonds is 14. The first-order valence-electron chi connectivity index (χ1n) is 16.9. The zero-order valence-electron chi connectivity index (χ0n) is 29.2. The zero-order valence-corrected chi connectivity index (χ0v) is 29.2. The molecule has 4 unspecified atom stereocenters. The van der Waals surface area contributed by atoms with E-state index in [1.165, 1.54) is 24.9 Å². The van der Waals surface area contributed by atoms with Crippen LogP contribution < -0.4 is 26.6 Å². The Morgan fingerprint density at radius 1 is 0.900 bits per heavy atom. The second-order valence-corrected chi connectivity index (χ2v) is 12.8. The van der Waals surface area contributed by atoms with Crippen LogP contribution in [-0.2, 0) is 41.6 Å². The van der Waals surface area contributed by atoms with Crippen molar-refractivity contribution in [2.24, 2.45) is 5.92 Å². The highest BCUT2D eigenvalue weighted by molar-refractivity contribution is 6.00. The number of likely N-dealkylation sites (tertiary alicyclic amines) is 1. The average molecular weight is 686 g/mol. The van der Waals surface area contributed by atoms with Gasteiger partial charge in [-0.2, -0.15) is 0 Å². The van der Waals surface area contributed by atoms with Crippen LogP contribution in [0.4, 0.5) is 0 Å². The van der Waals surface area contributed by atoms with Crippen molar-refractivity contribution in [1.82, 2.24) is 36.5 Å². The van der Waals surface area contributed by atoms with Crippen molar-refractivity contribution in [2.75, 3.05) is 13.6 Å². The van der Waals surface area contributed by atoms with E-state index in [4.69, 9.17) is 0 Å². The number of hydrogen-bond acceptors (Lipinski definition) is 6. The van der Waals surface area contributed by atoms with Gasteiger partial charge in [-0.15, -0.1) is 0 Å². The third-order valence-electron chi connectivity index (χ3n) is 8.80. The minimum Gasteiger partial charge on any atom is -0.361 e. The van der Waals surface area contributed by atoms with Crippen molar-refractivity contribution in [2.45, 2.75) is 77.5 Å². The van der Waals surface area contributed by atoms with E-state index in [9.17, 15) is 28.8 Å². The number of aromatic amines is 1. The quantitative estimate of drug-likeness (QED) is 0.141. The third kappa shape index (κ3) is 9.36. The van der Waals surface area contributed by atoms with Gasteiger partial charge in [-0.05, 0) is 42.9 Å². The van der Waals surface area contributed by atoms with Crippen LogP contribution in [-0.4, -0.2) is 83.1 Å². The molecule has 1 aliphatic rings. The highest BCUT2D eigenvalue weighted by atomic mass is 16.2. The molecular formula is C37H47N7O6. The number of hydrogen-bond donors (Lipinski definition) is 6. The molecular weight excluding hydrogens is 638 g/mol. The summed E-state index contributed by atoms with van der Waals surface area (Å²) in [4.78, 5) is 84.1. The van der Waals surface area contributed by atoms with Gasteiger partial charge in [0, 0.05) is 50.5 Å². The summed E-state index contributed by atoms with van der Waals surface area (Å²) in [6.07, 6.45) is 4.52. The predicted molar refractivity (Wildman–Crippen MR) is 189 cm³/mol. The number of carbonyl (C=O) groups excluding carboxylic acids is 6. The second kappa shape index (κ2) is 17.3. The van der Waals surface area contributed by atoms with Crippen molar-refractivity contribution < 1.29 is 28.8 Å². The molecule has 0 spiro atoms. The Bertz CT molecular complexity index is 1730. The number of benzene rings is 2. The first kappa shape index (κ1) is 37.4. The largest absolute Gasteiger partial charge is 0.361 e. The Labute approximate surface area is 292 Å². The Balaban J connectivity index is 1.51. The van der Waals surface area contributed by atoms with Gasteiger partial charge in [0.15, 0.2) is 0 Å². The maximum absolute atomic E-state index is 14.1. The van der Waals surface area contributed by atoms with Crippen LogP contribution in [0.15, 0.2) is 72.6 Å². The second-order valence-electron chi connectivity index (χ2n) is 12.8. The molecule has 3 aromatic rings. The van der Waals surface area contributed by atoms with E-state index in [1.807, 2.05) is 54.6 Å². The molecule has 0 saturated carbocycles. The fourth-order valence-corrected chi connectivity index (χ4v) is 6.17. The topological polar surface area (TPSA) is 182 Å². The summed E-state index contributed by atoms with van der Waals surface area (Å²) in [5.74, 6) is -3.27. The number of amides is 6. The molecule has 2 heterocycles. The van der Waals surface area contributed by atoms with Crippen molar-refractivity contribution in [1.29, 1.82) is 0 Å². The summed E-state index contributed by atoms with van der Waals surface area (Å²) < 4.78 is 0. The number of nitrogens with zero attached hydrogens (tertiary/aromatic N) is 1. The van der Waals surface area contributed by atoms with Crippen LogP contribution in [0, 0.1) is 5.92 Å². The van der Waals surface area contributed by atoms with Gasteiger partial charge in [-0.3, -0.25) is 28.8 Å². The maximum Gasteiger partial charge on any atom is 0.267 e. The van der Waals surface area contributed by atoms with Gasteiger partial charge >= 0.3 is 0 Å². The molecule has 13 nitrogen and oxygen atoms in total. The lowest BCUT2D eigenvalue weighted by molar-refractivity contribution is -0.143. The standard InChI is InChI=1S/C37H47N7O6/c1-6-27(33(46)38-5)41-34(47)29(19-24-13-8-7-9-14-24)42-36(49)31-17-12-18-44(31)37(50)32(22(2)3)43-35(48)30(40-23(4)45)20-25-21-39-28-16-11-10-15-26(25)28/h6-11,13-16,21-22,29-32,39H,12,17-20H2,1-5H3,(H,38,46)(H,40,45)(H,41,47)(H,42,49)(H,43,48). The lowest BCUT2D eigenvalue weighted by Crippen LogP contribution is -2.59. The first-order valence-corrected chi connectivity index (χ1v) is 16.9. The number of para-hydroxylation sites is 1. The van der Waals surface area contributed by atoms with Crippen LogP contribution in [0.2, 0.25) is 0 Å². The summed E-state index contributed by atoms with van der Waals surface area (Å²) in [7, 11) is 1.45. The highest BCUT2D eigenvalue weighted by Gasteiger charge is 2.40. The summed E-state index contributed by atoms with van der Waals surface area (Å²) in [5.41, 5.74) is 2.57. The van der Waals surface area contributed by atoms with E-state index in [-0.39, 0.29) is 36.9 Å². The lowest BCUT2D eigenvalue weighted by Gasteiger charge is -2.32. The molecule has 1 aromatic heterocycles. The van der Waals surface area contributed by atoms with E-state index >= 15 is 0 Å². The number of H-pyrrole nitrogens is 1. The normalized spacial score (nSPS) is 16.3. The van der Waals surface area contributed by atoms with Gasteiger partial charge in [0.2, 0.25) is 29.5 Å². The minimum atomic E-state index is -1.05. The molecule has 50 heavy (non-hydrogen) atoms. The smallest absolute Gasteiger partial charge is 0.267 e. The van der Waals surface area contributed by atoms with E-state index in [1.54, 1.807) is 27.0 Å². The van der Waals surface area contributed by atoms with Crippen LogP contribution in [0.25, 0.3) is 10.9 Å². The fraction of sp³-hybridized carbons (Fsp3) is 0.405. The molecule has 6 amide bonds. The van der Waals surface area contributed by atoms with Gasteiger partial charge in [0.25, 0.3) is 5.91 Å². The predicted octanol–water partition coefficient (Wildman–Crippen LogP) is 1.84. The lowest BCUT2D eigenvalue weighted by atomic mass is 9.99. The van der Waals surface area contributed by atoms with Crippen molar-refractivity contribution >= 4 is 46.3 Å². The Hall–Kier alpha value is -5.46. The van der Waals surface area contributed by atoms with Gasteiger partial charge < -0.3 is 36.5 Å². The van der Waals surface area contributed by atoms with Crippen molar-refractivity contribution in [3.8, 4) is 0 Å². The Kier molecular flexibility index (Phi) is 12.9. The molecule has 0 radical (unpaired) electrons. The molecule has 4 rings (SSSR count). The van der Waals surface area contributed by atoms with Crippen molar-refractivity contribution in [3.63, 3.8) is 0 Å². The molecule has 4 atom stereocenters. The number of allylic oxidation sites excluding steroid dienone is 1. The number of carbonyl (C=O) groups is 6. The van der Waals surface area contributed by atoms with Crippen LogP contribution in [0.3, 0.4) is 0 Å². The van der Waals surface area contributed by atoms with Gasteiger partial charge in [0.05, 0.1) is 0 Å². The van der Waals surface area contributed by atoms with Crippen LogP contribution in [0.1, 0.15) is 51.7 Å². The van der Waals surface area contributed by atoms with E-state index in [2.05, 4.69) is 31.6 Å². The Morgan fingerprint density at radius 3 is 2.24 bits per heavy atom. The molecule has 266 valence electrons. The molecule has 13 heteroatoms. The molecule has 6 N–H and O–H groups in total. The van der Waals surface area contributed by atoms with E-state index < -0.39 is 53.7 Å². The summed E-state index contributed by atoms with van der Waals surface area (Å²) in [6, 6.07) is 12.9. The fourth-order valence-electron chi connectivity index (χ4n) is 6.17. The summed E-state index contributed by atoms with van der Waals surface area (Å²) in [5, 5.41) is 14.4. The van der Waals surface area contributed by atoms with Crippen molar-refractivity contribution in [3.05, 3.63) is 83.7 Å². The number of aromatic nitrogens is 1. The van der Waals surface area contributed by atoms with Crippen LogP contribution >= 0.6 is 0 Å². The van der Waals surface area contributed by atoms with Gasteiger partial charge in [-0.1, -0.05) is 68.5 Å². The van der Waals surface area contributed by atoms with Gasteiger partial charge in [0.1, 0.15) is 29.9 Å². The highest BCUT2D eigenvalue weighted by Crippen LogP contribution is 2.22. The summed E-state index contributed by atoms with van der Waals surface area (Å²) >= 11 is 0. The summed E-state index contributed by atoms with van der Waals surface area (Å²) in [6.45, 7) is 6.83. The SMILES string of the molecule is CC=C(NC(=O)C(Cc1ccccc1)NC(=O)C1CCCN1C(=O)C(NC(=O)C(Cc1c[nH]c2ccccc12)NC(C)=O)C(C)C)C(=O)NC. The minimum absolute atomic E-state index is 0.0419. The zero-order chi connectivity index (χ0) is 36.4. The first-order chi connectivity index (χ1) is 23.9. The molecule has 1 fully saturated rings. The monoisotopic (exact) mass is 685 g/mol. The third-order valence-corrected chi connectivity index (χ3v) is 8.80. The van der Waals surface area contributed by atoms with E-state index in [0.717, 1.165) is 22.0 Å².